The third-order valence-electron chi connectivity index (χ3n) is 3.09. The number of carboxylic acid groups (broad SMARTS) is 1. The molecular formula is C15H28O4. The van der Waals surface area contributed by atoms with Gasteiger partial charge in [-0.25, -0.2) is 0 Å². The summed E-state index contributed by atoms with van der Waals surface area (Å²) >= 11 is 0. The highest BCUT2D eigenvalue weighted by Gasteiger charge is 2.23. The molecule has 19 heavy (non-hydrogen) atoms. The van der Waals surface area contributed by atoms with Gasteiger partial charge in [0, 0.05) is 0 Å². The van der Waals surface area contributed by atoms with Gasteiger partial charge in [-0.2, -0.15) is 0 Å². The SMILES string of the molecule is CCC(CCCCC(C)C(=O)O)C(=O)OC(C)(C)C. The summed E-state index contributed by atoms with van der Waals surface area (Å²) in [7, 11) is 0. The molecule has 4 nitrogen and oxygen atoms in total. The Balaban J connectivity index is 4.01. The molecule has 0 aromatic heterocycles. The lowest BCUT2D eigenvalue weighted by Crippen LogP contribution is -2.28. The van der Waals surface area contributed by atoms with Gasteiger partial charge in [0.05, 0.1) is 11.8 Å². The van der Waals surface area contributed by atoms with Crippen LogP contribution in [0.5, 0.6) is 0 Å². The van der Waals surface area contributed by atoms with Crippen molar-refractivity contribution in [1.82, 2.24) is 0 Å². The van der Waals surface area contributed by atoms with E-state index < -0.39 is 11.6 Å². The zero-order valence-corrected chi connectivity index (χ0v) is 12.9. The van der Waals surface area contributed by atoms with Gasteiger partial charge in [-0.05, 0) is 40.0 Å². The van der Waals surface area contributed by atoms with E-state index in [0.717, 1.165) is 25.7 Å². The van der Waals surface area contributed by atoms with Crippen LogP contribution in [0.4, 0.5) is 0 Å². The Hall–Kier alpha value is -1.06. The van der Waals surface area contributed by atoms with Crippen molar-refractivity contribution in [2.45, 2.75) is 72.3 Å². The van der Waals surface area contributed by atoms with E-state index in [1.54, 1.807) is 6.92 Å². The number of carbonyl (C=O) groups excluding carboxylic acids is 1. The Kier molecular flexibility index (Phi) is 7.72. The number of hydrogen-bond acceptors (Lipinski definition) is 3. The molecule has 0 aromatic carbocycles. The Bertz CT molecular complexity index is 291. The van der Waals surface area contributed by atoms with Crippen molar-refractivity contribution < 1.29 is 19.4 Å². The van der Waals surface area contributed by atoms with E-state index in [4.69, 9.17) is 9.84 Å². The predicted molar refractivity (Wildman–Crippen MR) is 74.9 cm³/mol. The number of ether oxygens (including phenoxy) is 1. The summed E-state index contributed by atoms with van der Waals surface area (Å²) in [4.78, 5) is 22.6. The first kappa shape index (κ1) is 17.9. The van der Waals surface area contributed by atoms with Crippen LogP contribution in [0.3, 0.4) is 0 Å². The largest absolute Gasteiger partial charge is 0.481 e. The molecule has 0 rings (SSSR count). The molecule has 2 atom stereocenters. The van der Waals surface area contributed by atoms with Crippen LogP contribution < -0.4 is 0 Å². The van der Waals surface area contributed by atoms with Crippen molar-refractivity contribution in [3.8, 4) is 0 Å². The highest BCUT2D eigenvalue weighted by Crippen LogP contribution is 2.20. The third kappa shape index (κ3) is 8.62. The fourth-order valence-electron chi connectivity index (χ4n) is 1.84. The maximum absolute atomic E-state index is 11.9. The van der Waals surface area contributed by atoms with Crippen molar-refractivity contribution in [2.24, 2.45) is 11.8 Å². The summed E-state index contributed by atoms with van der Waals surface area (Å²) in [6, 6.07) is 0. The molecule has 0 aliphatic carbocycles. The molecule has 112 valence electrons. The van der Waals surface area contributed by atoms with Gasteiger partial charge < -0.3 is 9.84 Å². The Morgan fingerprint density at radius 2 is 1.68 bits per heavy atom. The first-order valence-corrected chi connectivity index (χ1v) is 7.13. The smallest absolute Gasteiger partial charge is 0.309 e. The van der Waals surface area contributed by atoms with Crippen molar-refractivity contribution in [3.63, 3.8) is 0 Å². The van der Waals surface area contributed by atoms with E-state index in [0.29, 0.717) is 6.42 Å². The molecule has 0 aromatic rings. The number of esters is 1. The van der Waals surface area contributed by atoms with Crippen LogP contribution >= 0.6 is 0 Å². The molecular weight excluding hydrogens is 244 g/mol. The second-order valence-corrected chi connectivity index (χ2v) is 6.16. The van der Waals surface area contributed by atoms with Crippen LogP contribution in [-0.4, -0.2) is 22.6 Å². The minimum atomic E-state index is -0.751. The average molecular weight is 272 g/mol. The molecule has 4 heteroatoms. The number of aliphatic carboxylic acids is 1. The second-order valence-electron chi connectivity index (χ2n) is 6.16. The molecule has 0 bridgehead atoms. The lowest BCUT2D eigenvalue weighted by Gasteiger charge is -2.23. The van der Waals surface area contributed by atoms with Crippen LogP contribution in [0.15, 0.2) is 0 Å². The normalized spacial score (nSPS) is 14.8. The number of unbranched alkanes of at least 4 members (excludes halogenated alkanes) is 1. The van der Waals surface area contributed by atoms with Gasteiger partial charge in [0.1, 0.15) is 5.60 Å². The van der Waals surface area contributed by atoms with Crippen LogP contribution in [0.1, 0.15) is 66.7 Å². The molecule has 1 N–H and O–H groups in total. The van der Waals surface area contributed by atoms with Gasteiger partial charge in [-0.1, -0.05) is 26.7 Å². The number of rotatable bonds is 8. The van der Waals surface area contributed by atoms with Crippen LogP contribution in [0, 0.1) is 11.8 Å². The summed E-state index contributed by atoms with van der Waals surface area (Å²) in [5.74, 6) is -1.26. The van der Waals surface area contributed by atoms with Crippen molar-refractivity contribution in [3.05, 3.63) is 0 Å². The maximum Gasteiger partial charge on any atom is 0.309 e. The fourth-order valence-corrected chi connectivity index (χ4v) is 1.84. The summed E-state index contributed by atoms with van der Waals surface area (Å²) in [6.45, 7) is 9.30. The standard InChI is InChI=1S/C15H28O4/c1-6-12(14(18)19-15(3,4)5)10-8-7-9-11(2)13(16)17/h11-12H,6-10H2,1-5H3,(H,16,17). The summed E-state index contributed by atoms with van der Waals surface area (Å²) in [6.07, 6.45) is 3.92. The first-order chi connectivity index (χ1) is 8.67. The molecule has 0 saturated heterocycles. The third-order valence-corrected chi connectivity index (χ3v) is 3.09. The van der Waals surface area contributed by atoms with Gasteiger partial charge >= 0.3 is 11.9 Å². The molecule has 0 heterocycles. The van der Waals surface area contributed by atoms with Gasteiger partial charge in [0.2, 0.25) is 0 Å². The lowest BCUT2D eigenvalue weighted by molar-refractivity contribution is -0.160. The van der Waals surface area contributed by atoms with Gasteiger partial charge in [-0.15, -0.1) is 0 Å². The molecule has 0 amide bonds. The van der Waals surface area contributed by atoms with Crippen LogP contribution in [0.25, 0.3) is 0 Å². The van der Waals surface area contributed by atoms with Crippen molar-refractivity contribution in [2.75, 3.05) is 0 Å². The quantitative estimate of drug-likeness (QED) is 0.541. The predicted octanol–water partition coefficient (Wildman–Crippen LogP) is 3.64. The molecule has 0 spiro atoms. The topological polar surface area (TPSA) is 63.6 Å². The van der Waals surface area contributed by atoms with Gasteiger partial charge in [0.25, 0.3) is 0 Å². The zero-order chi connectivity index (χ0) is 15.1. The number of carboxylic acids is 1. The Labute approximate surface area is 116 Å². The molecule has 0 aliphatic heterocycles. The van der Waals surface area contributed by atoms with Gasteiger partial charge in [0.15, 0.2) is 0 Å². The number of hydrogen-bond donors (Lipinski definition) is 1. The van der Waals surface area contributed by atoms with Crippen LogP contribution in [0.2, 0.25) is 0 Å². The van der Waals surface area contributed by atoms with Crippen molar-refractivity contribution >= 4 is 11.9 Å². The number of carbonyl (C=O) groups is 2. The average Bonchev–Trinajstić information content (AvgIpc) is 2.25. The fraction of sp³-hybridized carbons (Fsp3) is 0.867. The van der Waals surface area contributed by atoms with E-state index in [1.807, 2.05) is 27.7 Å². The maximum atomic E-state index is 11.9. The summed E-state index contributed by atoms with van der Waals surface area (Å²) in [5, 5.41) is 8.78. The lowest BCUT2D eigenvalue weighted by atomic mass is 9.96. The highest BCUT2D eigenvalue weighted by molar-refractivity contribution is 5.72. The van der Waals surface area contributed by atoms with E-state index in [9.17, 15) is 9.59 Å². The Morgan fingerprint density at radius 1 is 1.16 bits per heavy atom. The minimum absolute atomic E-state index is 0.0700. The molecule has 2 unspecified atom stereocenters. The molecule has 0 aliphatic rings. The minimum Gasteiger partial charge on any atom is -0.481 e. The molecule has 0 radical (unpaired) electrons. The van der Waals surface area contributed by atoms with E-state index in [1.165, 1.54) is 0 Å². The monoisotopic (exact) mass is 272 g/mol. The van der Waals surface area contributed by atoms with Gasteiger partial charge in [-0.3, -0.25) is 9.59 Å². The van der Waals surface area contributed by atoms with Crippen molar-refractivity contribution in [1.29, 1.82) is 0 Å². The van der Waals surface area contributed by atoms with Crippen LogP contribution in [-0.2, 0) is 14.3 Å². The summed E-state index contributed by atoms with van der Waals surface area (Å²) < 4.78 is 5.37. The van der Waals surface area contributed by atoms with E-state index in [2.05, 4.69) is 0 Å². The summed E-state index contributed by atoms with van der Waals surface area (Å²) in [5.41, 5.74) is -0.442. The highest BCUT2D eigenvalue weighted by atomic mass is 16.6. The second kappa shape index (κ2) is 8.18. The zero-order valence-electron chi connectivity index (χ0n) is 12.9. The Morgan fingerprint density at radius 3 is 2.11 bits per heavy atom. The molecule has 0 fully saturated rings. The molecule has 0 saturated carbocycles. The first-order valence-electron chi connectivity index (χ1n) is 7.13. The van der Waals surface area contributed by atoms with E-state index in [-0.39, 0.29) is 17.8 Å². The van der Waals surface area contributed by atoms with E-state index >= 15 is 0 Å².